The lowest BCUT2D eigenvalue weighted by Crippen LogP contribution is -1.87. The number of halogens is 3. The molecule has 0 saturated carbocycles. The molecule has 2 aromatic heterocycles. The van der Waals surface area contributed by atoms with Gasteiger partial charge in [-0.15, -0.1) is 12.4 Å². The highest BCUT2D eigenvalue weighted by Gasteiger charge is 2.09. The molecule has 0 atom stereocenters. The molecule has 0 bridgehead atoms. The Balaban J connectivity index is 0.00000192. The molecule has 0 saturated heterocycles. The third kappa shape index (κ3) is 3.91. The summed E-state index contributed by atoms with van der Waals surface area (Å²) < 4.78 is 5.37. The van der Waals surface area contributed by atoms with Gasteiger partial charge in [0.25, 0.3) is 0 Å². The molecule has 0 spiro atoms. The number of aromatic nitrogens is 2. The first-order valence-corrected chi connectivity index (χ1v) is 7.33. The van der Waals surface area contributed by atoms with Gasteiger partial charge < -0.3 is 14.7 Å². The molecule has 2 heterocycles. The molecule has 3 rings (SSSR count). The topological polar surface area (TPSA) is 53.2 Å². The summed E-state index contributed by atoms with van der Waals surface area (Å²) in [4.78, 5) is 10.8. The van der Waals surface area contributed by atoms with Crippen LogP contribution in [0.3, 0.4) is 0 Å². The maximum absolute atomic E-state index is 5.98. The van der Waals surface area contributed by atoms with E-state index < -0.39 is 0 Å². The molecule has 23 heavy (non-hydrogen) atoms. The van der Waals surface area contributed by atoms with Gasteiger partial charge in [-0.05, 0) is 30.3 Å². The number of aromatic amines is 2. The van der Waals surface area contributed by atoms with Crippen LogP contribution in [0.4, 0.5) is 5.69 Å². The summed E-state index contributed by atoms with van der Waals surface area (Å²) in [6.45, 7) is 0. The predicted molar refractivity (Wildman–Crippen MR) is 98.1 cm³/mol. The number of benzene rings is 1. The molecule has 120 valence electrons. The standard InChI is InChI=1S/C16H13Cl2N3O.ClH/c1-22-16-8-14(13-3-2-6-19-13)21-15(16)9-20-10-4-5-11(17)12(18)7-10;/h2-9,19,21H,1H3;1H. The van der Waals surface area contributed by atoms with E-state index in [2.05, 4.69) is 15.0 Å². The zero-order valence-electron chi connectivity index (χ0n) is 12.1. The molecular weight excluding hydrogens is 357 g/mol. The van der Waals surface area contributed by atoms with Crippen LogP contribution in [-0.4, -0.2) is 23.3 Å². The molecular formula is C16H14Cl3N3O. The van der Waals surface area contributed by atoms with Crippen molar-refractivity contribution in [2.45, 2.75) is 0 Å². The quantitative estimate of drug-likeness (QED) is 0.586. The van der Waals surface area contributed by atoms with E-state index >= 15 is 0 Å². The largest absolute Gasteiger partial charge is 0.494 e. The molecule has 0 aliphatic heterocycles. The fourth-order valence-electron chi connectivity index (χ4n) is 2.06. The van der Waals surface area contributed by atoms with Crippen LogP contribution >= 0.6 is 35.6 Å². The fourth-order valence-corrected chi connectivity index (χ4v) is 2.36. The summed E-state index contributed by atoms with van der Waals surface area (Å²) in [5.41, 5.74) is 3.40. The van der Waals surface area contributed by atoms with E-state index in [-0.39, 0.29) is 12.4 Å². The maximum Gasteiger partial charge on any atom is 0.146 e. The van der Waals surface area contributed by atoms with Crippen LogP contribution in [0, 0.1) is 0 Å². The second kappa shape index (κ2) is 7.59. The first kappa shape index (κ1) is 17.5. The fraction of sp³-hybridized carbons (Fsp3) is 0.0625. The minimum atomic E-state index is 0. The van der Waals surface area contributed by atoms with E-state index in [9.17, 15) is 0 Å². The van der Waals surface area contributed by atoms with Crippen LogP contribution in [0.5, 0.6) is 5.75 Å². The van der Waals surface area contributed by atoms with Gasteiger partial charge in [0.05, 0.1) is 46.1 Å². The summed E-state index contributed by atoms with van der Waals surface area (Å²) in [6.07, 6.45) is 3.57. The Labute approximate surface area is 149 Å². The number of methoxy groups -OCH3 is 1. The average Bonchev–Trinajstić information content (AvgIpc) is 3.16. The van der Waals surface area contributed by atoms with Gasteiger partial charge >= 0.3 is 0 Å². The van der Waals surface area contributed by atoms with Gasteiger partial charge in [0, 0.05) is 12.3 Å². The van der Waals surface area contributed by atoms with Crippen molar-refractivity contribution in [1.82, 2.24) is 9.97 Å². The van der Waals surface area contributed by atoms with Crippen LogP contribution in [0.1, 0.15) is 5.69 Å². The average molecular weight is 371 g/mol. The Morgan fingerprint density at radius 2 is 1.91 bits per heavy atom. The molecule has 0 fully saturated rings. The zero-order chi connectivity index (χ0) is 15.5. The number of nitrogens with zero attached hydrogens (tertiary/aromatic N) is 1. The van der Waals surface area contributed by atoms with Crippen molar-refractivity contribution in [1.29, 1.82) is 0 Å². The Kier molecular flexibility index (Phi) is 5.77. The van der Waals surface area contributed by atoms with E-state index in [4.69, 9.17) is 27.9 Å². The third-order valence-corrected chi connectivity index (χ3v) is 3.90. The molecule has 0 radical (unpaired) electrons. The van der Waals surface area contributed by atoms with Crippen molar-refractivity contribution in [3.63, 3.8) is 0 Å². The Morgan fingerprint density at radius 3 is 2.57 bits per heavy atom. The Hall–Kier alpha value is -1.88. The predicted octanol–water partition coefficient (Wildman–Crippen LogP) is 5.50. The molecule has 3 aromatic rings. The van der Waals surface area contributed by atoms with Gasteiger partial charge in [0.2, 0.25) is 0 Å². The van der Waals surface area contributed by atoms with Crippen LogP contribution in [0.25, 0.3) is 11.4 Å². The highest BCUT2D eigenvalue weighted by molar-refractivity contribution is 6.42. The van der Waals surface area contributed by atoms with Gasteiger partial charge in [-0.3, -0.25) is 4.99 Å². The van der Waals surface area contributed by atoms with E-state index in [0.29, 0.717) is 21.5 Å². The Morgan fingerprint density at radius 1 is 1.09 bits per heavy atom. The molecule has 0 amide bonds. The van der Waals surface area contributed by atoms with Gasteiger partial charge in [-0.2, -0.15) is 0 Å². The van der Waals surface area contributed by atoms with Crippen molar-refractivity contribution in [3.05, 3.63) is 58.3 Å². The molecule has 0 unspecified atom stereocenters. The molecule has 7 heteroatoms. The smallest absolute Gasteiger partial charge is 0.146 e. The third-order valence-electron chi connectivity index (χ3n) is 3.16. The van der Waals surface area contributed by atoms with Crippen molar-refractivity contribution in [3.8, 4) is 17.1 Å². The normalized spacial score (nSPS) is 10.7. The van der Waals surface area contributed by atoms with Crippen molar-refractivity contribution in [2.75, 3.05) is 7.11 Å². The van der Waals surface area contributed by atoms with Crippen LogP contribution < -0.4 is 4.74 Å². The maximum atomic E-state index is 5.98. The van der Waals surface area contributed by atoms with Crippen LogP contribution in [0.15, 0.2) is 47.6 Å². The highest BCUT2D eigenvalue weighted by Crippen LogP contribution is 2.28. The summed E-state index contributed by atoms with van der Waals surface area (Å²) >= 11 is 11.9. The van der Waals surface area contributed by atoms with Crippen LogP contribution in [0.2, 0.25) is 10.0 Å². The zero-order valence-corrected chi connectivity index (χ0v) is 14.5. The van der Waals surface area contributed by atoms with E-state index in [1.807, 2.05) is 24.4 Å². The summed E-state index contributed by atoms with van der Waals surface area (Å²) in [7, 11) is 1.62. The first-order valence-electron chi connectivity index (χ1n) is 6.57. The van der Waals surface area contributed by atoms with Gasteiger partial charge in [-0.25, -0.2) is 0 Å². The van der Waals surface area contributed by atoms with Crippen LogP contribution in [-0.2, 0) is 0 Å². The molecule has 2 N–H and O–H groups in total. The first-order chi connectivity index (χ1) is 10.7. The van der Waals surface area contributed by atoms with Gasteiger partial charge in [0.1, 0.15) is 5.75 Å². The van der Waals surface area contributed by atoms with E-state index in [0.717, 1.165) is 17.1 Å². The number of hydrogen-bond acceptors (Lipinski definition) is 2. The minimum absolute atomic E-state index is 0. The lowest BCUT2D eigenvalue weighted by molar-refractivity contribution is 0.415. The summed E-state index contributed by atoms with van der Waals surface area (Å²) in [5, 5.41) is 0.981. The molecule has 0 aliphatic rings. The minimum Gasteiger partial charge on any atom is -0.494 e. The number of H-pyrrole nitrogens is 2. The number of ether oxygens (including phenoxy) is 1. The van der Waals surface area contributed by atoms with E-state index in [1.165, 1.54) is 0 Å². The van der Waals surface area contributed by atoms with Crippen molar-refractivity contribution in [2.24, 2.45) is 4.99 Å². The number of rotatable bonds is 4. The second-order valence-electron chi connectivity index (χ2n) is 4.61. The SMILES string of the molecule is COc1cc(-c2ccc[nH]2)[nH]c1C=Nc1ccc(Cl)c(Cl)c1.Cl. The summed E-state index contributed by atoms with van der Waals surface area (Å²) in [6, 6.07) is 11.1. The van der Waals surface area contributed by atoms with Crippen molar-refractivity contribution >= 4 is 47.5 Å². The number of nitrogens with one attached hydrogen (secondary N) is 2. The lowest BCUT2D eigenvalue weighted by Gasteiger charge is -1.98. The lowest BCUT2D eigenvalue weighted by atomic mass is 10.3. The van der Waals surface area contributed by atoms with Crippen molar-refractivity contribution < 1.29 is 4.74 Å². The number of aliphatic imine (C=N–C) groups is 1. The monoisotopic (exact) mass is 369 g/mol. The summed E-state index contributed by atoms with van der Waals surface area (Å²) in [5.74, 6) is 0.716. The Bertz CT molecular complexity index is 810. The van der Waals surface area contributed by atoms with Gasteiger partial charge in [-0.1, -0.05) is 23.2 Å². The van der Waals surface area contributed by atoms with E-state index in [1.54, 1.807) is 31.5 Å². The molecule has 0 aliphatic carbocycles. The van der Waals surface area contributed by atoms with Gasteiger partial charge in [0.15, 0.2) is 0 Å². The number of hydrogen-bond donors (Lipinski definition) is 2. The second-order valence-corrected chi connectivity index (χ2v) is 5.42. The molecule has 4 nitrogen and oxygen atoms in total. The highest BCUT2D eigenvalue weighted by atomic mass is 35.5. The molecule has 1 aromatic carbocycles.